The van der Waals surface area contributed by atoms with Crippen LogP contribution < -0.4 is 5.32 Å². The van der Waals surface area contributed by atoms with E-state index in [4.69, 9.17) is 11.6 Å². The van der Waals surface area contributed by atoms with Crippen LogP contribution in [0.15, 0.2) is 36.5 Å². The molecular formula is C22H28ClN3O. The highest BCUT2D eigenvalue weighted by atomic mass is 35.5. The van der Waals surface area contributed by atoms with Crippen LogP contribution in [-0.2, 0) is 19.4 Å². The van der Waals surface area contributed by atoms with Crippen LogP contribution in [0, 0.1) is 0 Å². The van der Waals surface area contributed by atoms with Crippen LogP contribution in [0.3, 0.4) is 0 Å². The highest BCUT2D eigenvalue weighted by molar-refractivity contribution is 6.30. The zero-order chi connectivity index (χ0) is 19.2. The Morgan fingerprint density at radius 2 is 1.81 bits per heavy atom. The van der Waals surface area contributed by atoms with Crippen molar-refractivity contribution in [3.05, 3.63) is 63.9 Å². The standard InChI is InChI=1S/C22H28ClN3O/c1-3-9-26(10-4-2)21-12-17-11-20(24-14-18(17)13-21)15-25-22(27)16-5-7-19(23)8-6-16/h5-8,11,14,21H,3-4,9-10,12-13,15H2,1-2H3,(H,25,27). The van der Waals surface area contributed by atoms with E-state index in [-0.39, 0.29) is 5.91 Å². The molecule has 1 amide bonds. The molecule has 0 fully saturated rings. The first-order chi connectivity index (χ1) is 13.1. The monoisotopic (exact) mass is 385 g/mol. The number of amides is 1. The van der Waals surface area contributed by atoms with E-state index in [1.165, 1.54) is 24.0 Å². The number of benzene rings is 1. The maximum atomic E-state index is 12.3. The van der Waals surface area contributed by atoms with Gasteiger partial charge in [0.05, 0.1) is 12.2 Å². The van der Waals surface area contributed by atoms with Crippen LogP contribution in [0.5, 0.6) is 0 Å². The van der Waals surface area contributed by atoms with Crippen LogP contribution in [0.1, 0.15) is 53.9 Å². The van der Waals surface area contributed by atoms with Gasteiger partial charge in [-0.3, -0.25) is 14.7 Å². The molecule has 0 saturated heterocycles. The van der Waals surface area contributed by atoms with Crippen LogP contribution in [0.2, 0.25) is 5.02 Å². The average molecular weight is 386 g/mol. The Hall–Kier alpha value is -1.91. The Morgan fingerprint density at radius 1 is 1.15 bits per heavy atom. The van der Waals surface area contributed by atoms with Gasteiger partial charge in [0.25, 0.3) is 5.91 Å². The SMILES string of the molecule is CCCN(CCC)C1Cc2cnc(CNC(=O)c3ccc(Cl)cc3)cc2C1. The summed E-state index contributed by atoms with van der Waals surface area (Å²) >= 11 is 5.87. The Kier molecular flexibility index (Phi) is 6.86. The number of pyridine rings is 1. The molecule has 3 rings (SSSR count). The van der Waals surface area contributed by atoms with E-state index in [2.05, 4.69) is 35.1 Å². The number of carbonyl (C=O) groups is 1. The molecule has 1 aromatic heterocycles. The lowest BCUT2D eigenvalue weighted by Gasteiger charge is -2.27. The van der Waals surface area contributed by atoms with Gasteiger partial charge < -0.3 is 5.32 Å². The summed E-state index contributed by atoms with van der Waals surface area (Å²) in [4.78, 5) is 19.4. The van der Waals surface area contributed by atoms with Crippen molar-refractivity contribution < 1.29 is 4.79 Å². The van der Waals surface area contributed by atoms with E-state index in [1.54, 1.807) is 24.3 Å². The van der Waals surface area contributed by atoms with E-state index in [1.807, 2.05) is 6.20 Å². The summed E-state index contributed by atoms with van der Waals surface area (Å²) in [5, 5.41) is 3.57. The van der Waals surface area contributed by atoms with Crippen molar-refractivity contribution in [2.24, 2.45) is 0 Å². The summed E-state index contributed by atoms with van der Waals surface area (Å²) in [5.74, 6) is -0.107. The largest absolute Gasteiger partial charge is 0.346 e. The molecule has 5 heteroatoms. The lowest BCUT2D eigenvalue weighted by molar-refractivity contribution is 0.0950. The van der Waals surface area contributed by atoms with Gasteiger partial charge >= 0.3 is 0 Å². The minimum atomic E-state index is -0.107. The number of hydrogen-bond acceptors (Lipinski definition) is 3. The number of halogens is 1. The summed E-state index contributed by atoms with van der Waals surface area (Å²) in [6.45, 7) is 7.24. The number of aromatic nitrogens is 1. The lowest BCUT2D eigenvalue weighted by Crippen LogP contribution is -2.37. The Morgan fingerprint density at radius 3 is 2.48 bits per heavy atom. The minimum Gasteiger partial charge on any atom is -0.346 e. The molecule has 1 N–H and O–H groups in total. The van der Waals surface area contributed by atoms with Gasteiger partial charge in [-0.1, -0.05) is 25.4 Å². The molecule has 0 radical (unpaired) electrons. The molecule has 1 heterocycles. The number of nitrogens with one attached hydrogen (secondary N) is 1. The molecule has 1 unspecified atom stereocenters. The molecule has 144 valence electrons. The van der Waals surface area contributed by atoms with E-state index >= 15 is 0 Å². The van der Waals surface area contributed by atoms with E-state index in [0.717, 1.165) is 31.6 Å². The summed E-state index contributed by atoms with van der Waals surface area (Å²) in [6.07, 6.45) is 6.53. The van der Waals surface area contributed by atoms with Gasteiger partial charge in [-0.05, 0) is 80.2 Å². The number of rotatable bonds is 8. The quantitative estimate of drug-likeness (QED) is 0.738. The van der Waals surface area contributed by atoms with Crippen LogP contribution in [0.4, 0.5) is 0 Å². The topological polar surface area (TPSA) is 45.2 Å². The van der Waals surface area contributed by atoms with Crippen molar-refractivity contribution in [2.75, 3.05) is 13.1 Å². The molecule has 1 aliphatic rings. The first-order valence-corrected chi connectivity index (χ1v) is 10.2. The second-order valence-corrected chi connectivity index (χ2v) is 7.67. The van der Waals surface area contributed by atoms with E-state index in [0.29, 0.717) is 23.2 Å². The zero-order valence-electron chi connectivity index (χ0n) is 16.2. The molecule has 2 aromatic rings. The maximum Gasteiger partial charge on any atom is 0.251 e. The first kappa shape index (κ1) is 19.8. The average Bonchev–Trinajstić information content (AvgIpc) is 3.09. The first-order valence-electron chi connectivity index (χ1n) is 9.85. The molecule has 0 bridgehead atoms. The molecule has 27 heavy (non-hydrogen) atoms. The Balaban J connectivity index is 1.60. The molecule has 0 saturated carbocycles. The molecular weight excluding hydrogens is 358 g/mol. The van der Waals surface area contributed by atoms with Crippen molar-refractivity contribution in [3.8, 4) is 0 Å². The molecule has 0 aliphatic heterocycles. The second-order valence-electron chi connectivity index (χ2n) is 7.23. The summed E-state index contributed by atoms with van der Waals surface area (Å²) in [7, 11) is 0. The van der Waals surface area contributed by atoms with Gasteiger partial charge in [-0.25, -0.2) is 0 Å². The summed E-state index contributed by atoms with van der Waals surface area (Å²) in [5.41, 5.74) is 4.25. The number of fused-ring (bicyclic) bond motifs is 1. The number of carbonyl (C=O) groups excluding carboxylic acids is 1. The summed E-state index contributed by atoms with van der Waals surface area (Å²) < 4.78 is 0. The molecule has 1 aromatic carbocycles. The van der Waals surface area contributed by atoms with Crippen molar-refractivity contribution >= 4 is 17.5 Å². The fraction of sp³-hybridized carbons (Fsp3) is 0.455. The Labute approximate surface area is 166 Å². The third kappa shape index (κ3) is 5.08. The van der Waals surface area contributed by atoms with Crippen LogP contribution in [0.25, 0.3) is 0 Å². The van der Waals surface area contributed by atoms with Gasteiger partial charge in [0.15, 0.2) is 0 Å². The molecule has 1 aliphatic carbocycles. The fourth-order valence-corrected chi connectivity index (χ4v) is 3.93. The molecule has 4 nitrogen and oxygen atoms in total. The fourth-order valence-electron chi connectivity index (χ4n) is 3.81. The van der Waals surface area contributed by atoms with Crippen LogP contribution >= 0.6 is 11.6 Å². The predicted octanol–water partition coefficient (Wildman–Crippen LogP) is 4.25. The number of nitrogens with zero attached hydrogens (tertiary/aromatic N) is 2. The van der Waals surface area contributed by atoms with Gasteiger partial charge in [-0.15, -0.1) is 0 Å². The predicted molar refractivity (Wildman–Crippen MR) is 110 cm³/mol. The second kappa shape index (κ2) is 9.34. The highest BCUT2D eigenvalue weighted by Gasteiger charge is 2.26. The van der Waals surface area contributed by atoms with Gasteiger partial charge in [0.2, 0.25) is 0 Å². The Bertz CT molecular complexity index is 770. The van der Waals surface area contributed by atoms with Crippen molar-refractivity contribution in [1.82, 2.24) is 15.2 Å². The number of hydrogen-bond donors (Lipinski definition) is 1. The van der Waals surface area contributed by atoms with E-state index < -0.39 is 0 Å². The molecule has 0 spiro atoms. The van der Waals surface area contributed by atoms with Gasteiger partial charge in [0, 0.05) is 22.8 Å². The van der Waals surface area contributed by atoms with Crippen LogP contribution in [-0.4, -0.2) is 34.9 Å². The van der Waals surface area contributed by atoms with Crippen molar-refractivity contribution in [2.45, 2.75) is 52.1 Å². The zero-order valence-corrected chi connectivity index (χ0v) is 16.9. The smallest absolute Gasteiger partial charge is 0.251 e. The summed E-state index contributed by atoms with van der Waals surface area (Å²) in [6, 6.07) is 9.65. The van der Waals surface area contributed by atoms with Gasteiger partial charge in [0.1, 0.15) is 0 Å². The molecule has 1 atom stereocenters. The van der Waals surface area contributed by atoms with Crippen molar-refractivity contribution in [1.29, 1.82) is 0 Å². The normalized spacial score (nSPS) is 15.8. The lowest BCUT2D eigenvalue weighted by atomic mass is 10.1. The third-order valence-corrected chi connectivity index (χ3v) is 5.38. The van der Waals surface area contributed by atoms with Crippen molar-refractivity contribution in [3.63, 3.8) is 0 Å². The van der Waals surface area contributed by atoms with E-state index in [9.17, 15) is 4.79 Å². The minimum absolute atomic E-state index is 0.107. The van der Waals surface area contributed by atoms with Gasteiger partial charge in [-0.2, -0.15) is 0 Å². The maximum absolute atomic E-state index is 12.3. The highest BCUT2D eigenvalue weighted by Crippen LogP contribution is 2.26. The third-order valence-electron chi connectivity index (χ3n) is 5.13.